The molecule has 1 aromatic carbocycles. The standard InChI is InChI=1S/C18H20Cl2N2OS.BrH/c1-23-10-5-15-16(22-9-8-21-17(22)24-15)18(6-2-7-18)12-3-4-13(19)14(20)11-12;/h3-4,11H,2,5-10H2,1H3;1H. The van der Waals surface area contributed by atoms with E-state index in [1.54, 1.807) is 7.11 Å². The Labute approximate surface area is 173 Å². The van der Waals surface area contributed by atoms with Crippen molar-refractivity contribution in [2.75, 3.05) is 26.8 Å². The minimum Gasteiger partial charge on any atom is -0.384 e. The maximum absolute atomic E-state index is 6.33. The number of benzene rings is 1. The number of aliphatic imine (C=N–C) groups is 1. The summed E-state index contributed by atoms with van der Waals surface area (Å²) in [5.74, 6) is 0. The summed E-state index contributed by atoms with van der Waals surface area (Å²) >= 11 is 14.3. The van der Waals surface area contributed by atoms with E-state index in [1.165, 1.54) is 22.6 Å². The molecule has 1 fully saturated rings. The molecule has 0 aromatic heterocycles. The Morgan fingerprint density at radius 2 is 2.08 bits per heavy atom. The van der Waals surface area contributed by atoms with Crippen LogP contribution in [0.15, 0.2) is 33.8 Å². The number of thioether (sulfide) groups is 1. The number of rotatable bonds is 5. The van der Waals surface area contributed by atoms with Gasteiger partial charge in [-0.25, -0.2) is 0 Å². The second kappa shape index (κ2) is 7.81. The topological polar surface area (TPSA) is 24.8 Å². The monoisotopic (exact) mass is 462 g/mol. The van der Waals surface area contributed by atoms with Gasteiger partial charge in [-0.15, -0.1) is 17.0 Å². The van der Waals surface area contributed by atoms with Crippen LogP contribution >= 0.6 is 51.9 Å². The summed E-state index contributed by atoms with van der Waals surface area (Å²) < 4.78 is 5.33. The summed E-state index contributed by atoms with van der Waals surface area (Å²) in [5.41, 5.74) is 2.76. The first kappa shape index (κ1) is 19.6. The minimum atomic E-state index is 0. The van der Waals surface area contributed by atoms with Crippen molar-refractivity contribution in [1.82, 2.24) is 4.90 Å². The summed E-state index contributed by atoms with van der Waals surface area (Å²) in [4.78, 5) is 8.51. The van der Waals surface area contributed by atoms with Crippen molar-refractivity contribution in [2.24, 2.45) is 4.99 Å². The predicted octanol–water partition coefficient (Wildman–Crippen LogP) is 5.66. The lowest BCUT2D eigenvalue weighted by Gasteiger charge is -2.46. The summed E-state index contributed by atoms with van der Waals surface area (Å²) in [6.07, 6.45) is 4.49. The van der Waals surface area contributed by atoms with E-state index in [4.69, 9.17) is 27.9 Å². The van der Waals surface area contributed by atoms with Crippen LogP contribution in [0.1, 0.15) is 31.2 Å². The van der Waals surface area contributed by atoms with Crippen molar-refractivity contribution in [2.45, 2.75) is 31.1 Å². The van der Waals surface area contributed by atoms with Crippen LogP contribution in [0.3, 0.4) is 0 Å². The molecule has 25 heavy (non-hydrogen) atoms. The third kappa shape index (κ3) is 3.27. The predicted molar refractivity (Wildman–Crippen MR) is 112 cm³/mol. The molecule has 136 valence electrons. The van der Waals surface area contributed by atoms with E-state index >= 15 is 0 Å². The summed E-state index contributed by atoms with van der Waals surface area (Å²) in [6, 6.07) is 6.12. The van der Waals surface area contributed by atoms with Gasteiger partial charge in [0, 0.05) is 36.1 Å². The molecule has 0 N–H and O–H groups in total. The lowest BCUT2D eigenvalue weighted by Crippen LogP contribution is -2.43. The highest BCUT2D eigenvalue weighted by atomic mass is 79.9. The Morgan fingerprint density at radius 3 is 2.72 bits per heavy atom. The van der Waals surface area contributed by atoms with Crippen LogP contribution < -0.4 is 0 Å². The Bertz CT molecular complexity index is 734. The fourth-order valence-electron chi connectivity index (χ4n) is 3.91. The highest BCUT2D eigenvalue weighted by Crippen LogP contribution is 2.56. The number of halogens is 3. The fourth-order valence-corrected chi connectivity index (χ4v) is 5.46. The number of methoxy groups -OCH3 is 1. The van der Waals surface area contributed by atoms with Gasteiger partial charge in [0.15, 0.2) is 5.17 Å². The summed E-state index contributed by atoms with van der Waals surface area (Å²) in [5, 5.41) is 2.41. The van der Waals surface area contributed by atoms with Crippen LogP contribution in [-0.2, 0) is 10.2 Å². The third-order valence-corrected chi connectivity index (χ3v) is 7.13. The van der Waals surface area contributed by atoms with Gasteiger partial charge in [-0.3, -0.25) is 4.99 Å². The van der Waals surface area contributed by atoms with Gasteiger partial charge in [0.05, 0.1) is 23.2 Å². The number of nitrogens with zero attached hydrogens (tertiary/aromatic N) is 2. The van der Waals surface area contributed by atoms with E-state index in [-0.39, 0.29) is 22.4 Å². The molecule has 0 saturated heterocycles. The summed E-state index contributed by atoms with van der Waals surface area (Å²) in [6.45, 7) is 2.61. The Balaban J connectivity index is 0.00000182. The number of fused-ring (bicyclic) bond motifs is 1. The highest BCUT2D eigenvalue weighted by Gasteiger charge is 2.49. The Morgan fingerprint density at radius 1 is 1.28 bits per heavy atom. The molecule has 2 heterocycles. The lowest BCUT2D eigenvalue weighted by molar-refractivity contribution is 0.201. The quantitative estimate of drug-likeness (QED) is 0.563. The minimum absolute atomic E-state index is 0. The number of ether oxygens (including phenoxy) is 1. The van der Waals surface area contributed by atoms with Crippen LogP contribution in [-0.4, -0.2) is 36.9 Å². The van der Waals surface area contributed by atoms with Crippen molar-refractivity contribution >= 4 is 57.1 Å². The lowest BCUT2D eigenvalue weighted by atomic mass is 9.62. The zero-order chi connectivity index (χ0) is 16.7. The molecular weight excluding hydrogens is 443 g/mol. The van der Waals surface area contributed by atoms with E-state index in [0.29, 0.717) is 10.0 Å². The van der Waals surface area contributed by atoms with Crippen LogP contribution in [0.2, 0.25) is 10.0 Å². The zero-order valence-corrected chi connectivity index (χ0v) is 18.1. The van der Waals surface area contributed by atoms with Crippen molar-refractivity contribution in [3.05, 3.63) is 44.4 Å². The summed E-state index contributed by atoms with van der Waals surface area (Å²) in [7, 11) is 1.76. The molecule has 4 rings (SSSR count). The van der Waals surface area contributed by atoms with E-state index in [9.17, 15) is 0 Å². The number of hydrogen-bond acceptors (Lipinski definition) is 4. The molecule has 3 nitrogen and oxygen atoms in total. The average Bonchev–Trinajstić information content (AvgIpc) is 3.10. The number of allylic oxidation sites excluding steroid dienone is 1. The third-order valence-electron chi connectivity index (χ3n) is 5.22. The molecule has 3 aliphatic rings. The molecule has 0 atom stereocenters. The number of amidine groups is 1. The molecule has 0 radical (unpaired) electrons. The van der Waals surface area contributed by atoms with Gasteiger partial charge in [-0.2, -0.15) is 0 Å². The van der Waals surface area contributed by atoms with Gasteiger partial charge < -0.3 is 9.64 Å². The molecule has 2 aliphatic heterocycles. The molecule has 0 bridgehead atoms. The first-order valence-electron chi connectivity index (χ1n) is 8.34. The van der Waals surface area contributed by atoms with E-state index in [1.807, 2.05) is 17.8 Å². The van der Waals surface area contributed by atoms with Gasteiger partial charge in [0.25, 0.3) is 0 Å². The second-order valence-electron chi connectivity index (χ2n) is 6.50. The normalized spacial score (nSPS) is 20.9. The van der Waals surface area contributed by atoms with Gasteiger partial charge in [0.1, 0.15) is 0 Å². The zero-order valence-electron chi connectivity index (χ0n) is 14.1. The molecule has 1 aromatic rings. The first-order valence-corrected chi connectivity index (χ1v) is 9.91. The van der Waals surface area contributed by atoms with Crippen molar-refractivity contribution in [3.63, 3.8) is 0 Å². The maximum Gasteiger partial charge on any atom is 0.168 e. The van der Waals surface area contributed by atoms with E-state index in [0.717, 1.165) is 44.1 Å². The smallest absolute Gasteiger partial charge is 0.168 e. The highest BCUT2D eigenvalue weighted by molar-refractivity contribution is 8.93. The molecule has 1 aliphatic carbocycles. The van der Waals surface area contributed by atoms with Crippen LogP contribution in [0.4, 0.5) is 0 Å². The van der Waals surface area contributed by atoms with Crippen LogP contribution in [0, 0.1) is 0 Å². The fraction of sp³-hybridized carbons (Fsp3) is 0.500. The molecule has 0 amide bonds. The largest absolute Gasteiger partial charge is 0.384 e. The van der Waals surface area contributed by atoms with Gasteiger partial charge in [-0.05, 0) is 30.5 Å². The van der Waals surface area contributed by atoms with Crippen LogP contribution in [0.25, 0.3) is 0 Å². The van der Waals surface area contributed by atoms with E-state index in [2.05, 4.69) is 22.0 Å². The number of hydrogen-bond donors (Lipinski definition) is 0. The van der Waals surface area contributed by atoms with Crippen LogP contribution in [0.5, 0.6) is 0 Å². The molecule has 0 unspecified atom stereocenters. The second-order valence-corrected chi connectivity index (χ2v) is 8.37. The van der Waals surface area contributed by atoms with Crippen molar-refractivity contribution in [1.29, 1.82) is 0 Å². The van der Waals surface area contributed by atoms with E-state index < -0.39 is 0 Å². The molecule has 7 heteroatoms. The molecular formula is C18H21BrCl2N2OS. The molecule has 0 spiro atoms. The van der Waals surface area contributed by atoms with Gasteiger partial charge >= 0.3 is 0 Å². The SMILES string of the molecule is Br.COCCC1=C(C2(c3ccc(Cl)c(Cl)c3)CCC2)N2CCN=C2S1. The van der Waals surface area contributed by atoms with Crippen molar-refractivity contribution in [3.8, 4) is 0 Å². The van der Waals surface area contributed by atoms with Gasteiger partial charge in [0.2, 0.25) is 0 Å². The first-order chi connectivity index (χ1) is 11.7. The average molecular weight is 464 g/mol. The van der Waals surface area contributed by atoms with Crippen molar-refractivity contribution < 1.29 is 4.74 Å². The van der Waals surface area contributed by atoms with Gasteiger partial charge in [-0.1, -0.05) is 47.5 Å². The Kier molecular flexibility index (Phi) is 6.11. The maximum atomic E-state index is 6.33. The Hall–Kier alpha value is -0.200. The molecule has 1 saturated carbocycles.